The number of aryl methyl sites for hydroxylation is 1. The Bertz CT molecular complexity index is 439. The molecule has 0 bridgehead atoms. The van der Waals surface area contributed by atoms with Crippen molar-refractivity contribution in [3.05, 3.63) is 22.2 Å². The normalized spacial score (nSPS) is 11.2. The first-order chi connectivity index (χ1) is 8.19. The summed E-state index contributed by atoms with van der Waals surface area (Å²) >= 11 is 3.21. The lowest BCUT2D eigenvalue weighted by Gasteiger charge is -2.13. The van der Waals surface area contributed by atoms with Crippen molar-refractivity contribution in [1.29, 1.82) is 0 Å². The van der Waals surface area contributed by atoms with E-state index in [9.17, 15) is 18.0 Å². The fraction of sp³-hybridized carbons (Fsp3) is 0.300. The lowest BCUT2D eigenvalue weighted by atomic mass is 10.2. The molecular formula is C10H11BrF3N3O. The van der Waals surface area contributed by atoms with Gasteiger partial charge in [-0.1, -0.05) is 15.9 Å². The summed E-state index contributed by atoms with van der Waals surface area (Å²) < 4.78 is 36.4. The second kappa shape index (κ2) is 5.47. The van der Waals surface area contributed by atoms with Crippen LogP contribution in [0.25, 0.3) is 0 Å². The average molecular weight is 326 g/mol. The third-order valence-corrected chi connectivity index (χ3v) is 2.48. The van der Waals surface area contributed by atoms with Gasteiger partial charge in [0.25, 0.3) is 0 Å². The molecule has 0 atom stereocenters. The van der Waals surface area contributed by atoms with Crippen LogP contribution in [0.1, 0.15) is 5.56 Å². The SMILES string of the molecule is Cc1cc(Br)cc(N)c1NC(=O)NCC(F)(F)F. The van der Waals surface area contributed by atoms with Gasteiger partial charge in [0.2, 0.25) is 0 Å². The van der Waals surface area contributed by atoms with E-state index >= 15 is 0 Å². The van der Waals surface area contributed by atoms with Crippen LogP contribution in [0.5, 0.6) is 0 Å². The van der Waals surface area contributed by atoms with Crippen LogP contribution in [0.3, 0.4) is 0 Å². The molecule has 0 aliphatic rings. The highest BCUT2D eigenvalue weighted by Gasteiger charge is 2.27. The van der Waals surface area contributed by atoms with Gasteiger partial charge in [0.05, 0.1) is 11.4 Å². The number of halogens is 4. The molecule has 0 unspecified atom stereocenters. The Kier molecular flexibility index (Phi) is 4.44. The first-order valence-electron chi connectivity index (χ1n) is 4.86. The molecule has 0 aliphatic heterocycles. The highest BCUT2D eigenvalue weighted by Crippen LogP contribution is 2.27. The third kappa shape index (κ3) is 4.44. The predicted molar refractivity (Wildman–Crippen MR) is 66.4 cm³/mol. The minimum absolute atomic E-state index is 0.268. The van der Waals surface area contributed by atoms with Crippen LogP contribution in [-0.2, 0) is 0 Å². The number of nitrogen functional groups attached to an aromatic ring is 1. The molecule has 4 nitrogen and oxygen atoms in total. The molecule has 0 saturated heterocycles. The molecule has 1 aromatic rings. The van der Waals surface area contributed by atoms with E-state index in [2.05, 4.69) is 21.2 Å². The van der Waals surface area contributed by atoms with Crippen molar-refractivity contribution in [2.45, 2.75) is 13.1 Å². The van der Waals surface area contributed by atoms with Crippen LogP contribution in [0.4, 0.5) is 29.3 Å². The van der Waals surface area contributed by atoms with Crippen LogP contribution in [0.15, 0.2) is 16.6 Å². The van der Waals surface area contributed by atoms with Crippen molar-refractivity contribution in [1.82, 2.24) is 5.32 Å². The summed E-state index contributed by atoms with van der Waals surface area (Å²) in [5.41, 5.74) is 6.86. The number of alkyl halides is 3. The van der Waals surface area contributed by atoms with E-state index < -0.39 is 18.8 Å². The molecule has 0 heterocycles. The molecular weight excluding hydrogens is 315 g/mol. The highest BCUT2D eigenvalue weighted by atomic mass is 79.9. The first-order valence-corrected chi connectivity index (χ1v) is 5.65. The number of rotatable bonds is 2. The maximum absolute atomic E-state index is 11.9. The van der Waals surface area contributed by atoms with Gasteiger partial charge < -0.3 is 16.4 Å². The van der Waals surface area contributed by atoms with Crippen LogP contribution in [-0.4, -0.2) is 18.8 Å². The van der Waals surface area contributed by atoms with Crippen LogP contribution in [0.2, 0.25) is 0 Å². The van der Waals surface area contributed by atoms with Gasteiger partial charge in [-0.05, 0) is 24.6 Å². The summed E-state index contributed by atoms with van der Waals surface area (Å²) in [4.78, 5) is 11.3. The number of amides is 2. The molecule has 1 aromatic carbocycles. The fourth-order valence-electron chi connectivity index (χ4n) is 1.28. The number of nitrogens with one attached hydrogen (secondary N) is 2. The van der Waals surface area contributed by atoms with E-state index in [4.69, 9.17) is 5.73 Å². The van der Waals surface area contributed by atoms with E-state index in [1.165, 1.54) is 0 Å². The number of hydrogen-bond donors (Lipinski definition) is 3. The smallest absolute Gasteiger partial charge is 0.397 e. The van der Waals surface area contributed by atoms with Gasteiger partial charge in [0.1, 0.15) is 6.54 Å². The lowest BCUT2D eigenvalue weighted by Crippen LogP contribution is -2.36. The topological polar surface area (TPSA) is 67.1 Å². The Balaban J connectivity index is 2.71. The van der Waals surface area contributed by atoms with Crippen molar-refractivity contribution in [3.8, 4) is 0 Å². The first kappa shape index (κ1) is 14.6. The summed E-state index contributed by atoms with van der Waals surface area (Å²) in [6.07, 6.45) is -4.45. The Morgan fingerprint density at radius 2 is 2.06 bits per heavy atom. The van der Waals surface area contributed by atoms with Gasteiger partial charge in [-0.3, -0.25) is 0 Å². The summed E-state index contributed by atoms with van der Waals surface area (Å²) in [7, 11) is 0. The monoisotopic (exact) mass is 325 g/mol. The van der Waals surface area contributed by atoms with Gasteiger partial charge in [-0.25, -0.2) is 4.79 Å². The van der Waals surface area contributed by atoms with Crippen LogP contribution >= 0.6 is 15.9 Å². The molecule has 2 amide bonds. The molecule has 0 aromatic heterocycles. The Labute approximate surface area is 110 Å². The van der Waals surface area contributed by atoms with Crippen molar-refractivity contribution in [3.63, 3.8) is 0 Å². The largest absolute Gasteiger partial charge is 0.405 e. The van der Waals surface area contributed by atoms with E-state index in [0.717, 1.165) is 4.47 Å². The van der Waals surface area contributed by atoms with Crippen molar-refractivity contribution < 1.29 is 18.0 Å². The van der Waals surface area contributed by atoms with Gasteiger partial charge in [0.15, 0.2) is 0 Å². The van der Waals surface area contributed by atoms with Crippen molar-refractivity contribution in [2.75, 3.05) is 17.6 Å². The van der Waals surface area contributed by atoms with E-state index in [-0.39, 0.29) is 11.4 Å². The maximum Gasteiger partial charge on any atom is 0.405 e. The number of anilines is 2. The Hall–Kier alpha value is -1.44. The molecule has 4 N–H and O–H groups in total. The number of carbonyl (C=O) groups is 1. The molecule has 100 valence electrons. The molecule has 0 aliphatic carbocycles. The number of carbonyl (C=O) groups excluding carboxylic acids is 1. The minimum Gasteiger partial charge on any atom is -0.397 e. The summed E-state index contributed by atoms with van der Waals surface area (Å²) in [5, 5.41) is 3.98. The number of benzene rings is 1. The van der Waals surface area contributed by atoms with E-state index in [1.807, 2.05) is 0 Å². The summed E-state index contributed by atoms with van der Waals surface area (Å²) in [6, 6.07) is 2.28. The molecule has 0 radical (unpaired) electrons. The standard InChI is InChI=1S/C10H11BrF3N3O/c1-5-2-6(11)3-7(15)8(5)17-9(18)16-4-10(12,13)14/h2-3H,4,15H2,1H3,(H2,16,17,18). The Morgan fingerprint density at radius 3 is 2.56 bits per heavy atom. The second-order valence-electron chi connectivity index (χ2n) is 3.61. The highest BCUT2D eigenvalue weighted by molar-refractivity contribution is 9.10. The molecule has 0 saturated carbocycles. The number of nitrogens with two attached hydrogens (primary N) is 1. The van der Waals surface area contributed by atoms with Crippen molar-refractivity contribution in [2.24, 2.45) is 0 Å². The van der Waals surface area contributed by atoms with Gasteiger partial charge in [0, 0.05) is 4.47 Å². The van der Waals surface area contributed by atoms with Gasteiger partial charge in [-0.15, -0.1) is 0 Å². The third-order valence-electron chi connectivity index (χ3n) is 2.02. The van der Waals surface area contributed by atoms with Crippen molar-refractivity contribution >= 4 is 33.3 Å². The molecule has 8 heteroatoms. The van der Waals surface area contributed by atoms with E-state index in [1.54, 1.807) is 24.4 Å². The minimum atomic E-state index is -4.45. The zero-order valence-electron chi connectivity index (χ0n) is 9.36. The second-order valence-corrected chi connectivity index (χ2v) is 4.53. The molecule has 0 spiro atoms. The van der Waals surface area contributed by atoms with Crippen LogP contribution < -0.4 is 16.4 Å². The fourth-order valence-corrected chi connectivity index (χ4v) is 1.87. The lowest BCUT2D eigenvalue weighted by molar-refractivity contribution is -0.122. The van der Waals surface area contributed by atoms with Gasteiger partial charge in [-0.2, -0.15) is 13.2 Å². The summed E-state index contributed by atoms with van der Waals surface area (Å²) in [6.45, 7) is 0.287. The molecule has 1 rings (SSSR count). The van der Waals surface area contributed by atoms with Crippen LogP contribution in [0, 0.1) is 6.92 Å². The zero-order chi connectivity index (χ0) is 13.9. The maximum atomic E-state index is 11.9. The van der Waals surface area contributed by atoms with Gasteiger partial charge >= 0.3 is 12.2 Å². The van der Waals surface area contributed by atoms with E-state index in [0.29, 0.717) is 5.56 Å². The zero-order valence-corrected chi connectivity index (χ0v) is 10.9. The molecule has 18 heavy (non-hydrogen) atoms. The number of hydrogen-bond acceptors (Lipinski definition) is 2. The number of urea groups is 1. The summed E-state index contributed by atoms with van der Waals surface area (Å²) in [5.74, 6) is 0. The molecule has 0 fully saturated rings. The Morgan fingerprint density at radius 1 is 1.44 bits per heavy atom. The average Bonchev–Trinajstić information content (AvgIpc) is 2.19. The quantitative estimate of drug-likeness (QED) is 0.732. The predicted octanol–water partition coefficient (Wildman–Crippen LogP) is 3.02.